The Morgan fingerprint density at radius 3 is 2.67 bits per heavy atom. The summed E-state index contributed by atoms with van der Waals surface area (Å²) in [6.45, 7) is 8.01. The van der Waals surface area contributed by atoms with Crippen molar-refractivity contribution in [3.63, 3.8) is 0 Å². The van der Waals surface area contributed by atoms with Gasteiger partial charge in [0.2, 0.25) is 0 Å². The van der Waals surface area contributed by atoms with Gasteiger partial charge in [0.15, 0.2) is 0 Å². The van der Waals surface area contributed by atoms with E-state index < -0.39 is 6.10 Å². The summed E-state index contributed by atoms with van der Waals surface area (Å²) in [5.41, 5.74) is 4.56. The van der Waals surface area contributed by atoms with Crippen molar-refractivity contribution in [2.24, 2.45) is 0 Å². The number of aryl methyl sites for hydroxylation is 1. The molecule has 0 radical (unpaired) electrons. The number of hydrogen-bond donors (Lipinski definition) is 2. The normalized spacial score (nSPS) is 15.9. The van der Waals surface area contributed by atoms with Crippen LogP contribution in [0.2, 0.25) is 0 Å². The van der Waals surface area contributed by atoms with E-state index in [4.69, 9.17) is 9.72 Å². The van der Waals surface area contributed by atoms with Crippen LogP contribution < -0.4 is 4.74 Å². The monoisotopic (exact) mass is 505 g/mol. The zero-order valence-electron chi connectivity index (χ0n) is 20.9. The lowest BCUT2D eigenvalue weighted by molar-refractivity contribution is 0.0463. The summed E-state index contributed by atoms with van der Waals surface area (Å²) in [5.74, 6) is 0.772. The fraction of sp³-hybridized carbons (Fsp3) is 0.429. The Balaban J connectivity index is 1.04. The van der Waals surface area contributed by atoms with Gasteiger partial charge in [0.05, 0.1) is 21.4 Å². The van der Waals surface area contributed by atoms with Gasteiger partial charge in [-0.05, 0) is 30.5 Å². The second-order valence-corrected chi connectivity index (χ2v) is 10.6. The number of piperazine rings is 1. The number of fused-ring (bicyclic) bond motifs is 1. The summed E-state index contributed by atoms with van der Waals surface area (Å²) >= 11 is 1.75. The van der Waals surface area contributed by atoms with Gasteiger partial charge in [0.25, 0.3) is 0 Å². The summed E-state index contributed by atoms with van der Waals surface area (Å²) in [7, 11) is 0. The summed E-state index contributed by atoms with van der Waals surface area (Å²) in [6.07, 6.45) is 4.47. The van der Waals surface area contributed by atoms with Crippen LogP contribution >= 0.6 is 11.3 Å². The second kappa shape index (κ2) is 12.0. The highest BCUT2D eigenvalue weighted by Crippen LogP contribution is 2.27. The molecule has 0 unspecified atom stereocenters. The molecular weight excluding hydrogens is 470 g/mol. The van der Waals surface area contributed by atoms with Crippen LogP contribution in [-0.4, -0.2) is 82.1 Å². The number of aliphatic hydroxyl groups is 1. The molecule has 2 aromatic heterocycles. The van der Waals surface area contributed by atoms with E-state index in [-0.39, 0.29) is 0 Å². The molecule has 3 heterocycles. The molecule has 0 aliphatic carbocycles. The third kappa shape index (κ3) is 6.31. The van der Waals surface area contributed by atoms with E-state index in [1.165, 1.54) is 26.5 Å². The molecule has 0 amide bonds. The Kier molecular flexibility index (Phi) is 8.28. The number of nitrogens with one attached hydrogen (secondary N) is 1. The summed E-state index contributed by atoms with van der Waals surface area (Å²) in [5, 5.41) is 19.2. The summed E-state index contributed by atoms with van der Waals surface area (Å²) < 4.78 is 7.09. The molecule has 0 bridgehead atoms. The van der Waals surface area contributed by atoms with Gasteiger partial charge >= 0.3 is 0 Å². The topological polar surface area (TPSA) is 77.5 Å². The summed E-state index contributed by atoms with van der Waals surface area (Å²) in [6, 6.07) is 16.4. The maximum atomic E-state index is 10.6. The fourth-order valence-corrected chi connectivity index (χ4v) is 5.79. The highest BCUT2D eigenvalue weighted by molar-refractivity contribution is 7.18. The van der Waals surface area contributed by atoms with Crippen LogP contribution in [-0.2, 0) is 12.8 Å². The molecule has 2 aromatic carbocycles. The molecular formula is C28H35N5O2S. The number of aromatic nitrogens is 3. The van der Waals surface area contributed by atoms with E-state index in [0.29, 0.717) is 13.2 Å². The van der Waals surface area contributed by atoms with Gasteiger partial charge < -0.3 is 14.7 Å². The molecule has 8 heteroatoms. The van der Waals surface area contributed by atoms with E-state index >= 15 is 0 Å². The number of β-amino-alcohol motifs (C(OH)–C–C–N with tert-alkyl or cyclic N) is 1. The average molecular weight is 506 g/mol. The number of nitrogens with zero attached hydrogens (tertiary/aromatic N) is 4. The summed E-state index contributed by atoms with van der Waals surface area (Å²) in [4.78, 5) is 9.52. The fourth-order valence-electron chi connectivity index (χ4n) is 4.74. The first-order chi connectivity index (χ1) is 17.7. The Morgan fingerprint density at radius 1 is 1.06 bits per heavy atom. The largest absolute Gasteiger partial charge is 0.491 e. The third-order valence-corrected chi connectivity index (χ3v) is 7.82. The van der Waals surface area contributed by atoms with E-state index in [0.717, 1.165) is 63.3 Å². The van der Waals surface area contributed by atoms with Crippen molar-refractivity contribution >= 4 is 21.6 Å². The van der Waals surface area contributed by atoms with Crippen molar-refractivity contribution in [2.45, 2.75) is 32.3 Å². The first kappa shape index (κ1) is 24.9. The van der Waals surface area contributed by atoms with E-state index in [2.05, 4.69) is 57.3 Å². The number of H-pyrrole nitrogens is 1. The maximum Gasteiger partial charge on any atom is 0.121 e. The predicted octanol–water partition coefficient (Wildman–Crippen LogP) is 4.24. The highest BCUT2D eigenvalue weighted by atomic mass is 32.1. The van der Waals surface area contributed by atoms with Crippen LogP contribution in [0.25, 0.3) is 21.3 Å². The third-order valence-electron chi connectivity index (χ3n) is 6.72. The number of aliphatic hydroxyl groups excluding tert-OH is 1. The Labute approximate surface area is 216 Å². The first-order valence-electron chi connectivity index (χ1n) is 12.9. The molecule has 1 saturated heterocycles. The van der Waals surface area contributed by atoms with Gasteiger partial charge in [-0.25, -0.2) is 4.98 Å². The SMILES string of the molecule is CCCc1nc2cc(OC[C@H](O)CN3CCN(CCc4[nH]ncc4-c4ccccc4)CC3)ccc2s1. The lowest BCUT2D eigenvalue weighted by Crippen LogP contribution is -2.49. The second-order valence-electron chi connectivity index (χ2n) is 9.47. The molecule has 36 heavy (non-hydrogen) atoms. The maximum absolute atomic E-state index is 10.6. The van der Waals surface area contributed by atoms with E-state index in [1.54, 1.807) is 11.3 Å². The number of hydrogen-bond acceptors (Lipinski definition) is 7. The van der Waals surface area contributed by atoms with Crippen LogP contribution in [0.1, 0.15) is 24.0 Å². The van der Waals surface area contributed by atoms with Crippen molar-refractivity contribution in [1.29, 1.82) is 0 Å². The average Bonchev–Trinajstić information content (AvgIpc) is 3.54. The van der Waals surface area contributed by atoms with Crippen molar-refractivity contribution in [3.8, 4) is 16.9 Å². The number of aromatic amines is 1. The van der Waals surface area contributed by atoms with Crippen molar-refractivity contribution in [3.05, 3.63) is 65.4 Å². The van der Waals surface area contributed by atoms with Gasteiger partial charge in [-0.2, -0.15) is 5.10 Å². The molecule has 5 rings (SSSR count). The van der Waals surface area contributed by atoms with Gasteiger partial charge in [-0.3, -0.25) is 10.00 Å². The Hall–Kier alpha value is -2.78. The quantitative estimate of drug-likeness (QED) is 0.318. The van der Waals surface area contributed by atoms with Crippen LogP contribution in [0.4, 0.5) is 0 Å². The van der Waals surface area contributed by atoms with E-state index in [1.807, 2.05) is 24.4 Å². The van der Waals surface area contributed by atoms with Crippen LogP contribution in [0.5, 0.6) is 5.75 Å². The standard InChI is InChI=1S/C28H35N5O2S/c1-2-6-28-30-26-17-23(9-10-27(26)36-28)35-20-22(34)19-33-15-13-32(14-16-33)12-11-25-24(18-29-31-25)21-7-4-3-5-8-21/h3-5,7-10,17-18,22,34H,2,6,11-16,19-20H2,1H3,(H,29,31)/t22-/m1/s1. The number of ether oxygens (including phenoxy) is 1. The van der Waals surface area contributed by atoms with Gasteiger partial charge in [-0.1, -0.05) is 37.3 Å². The Bertz CT molecular complexity index is 1230. The molecule has 4 aromatic rings. The van der Waals surface area contributed by atoms with Crippen LogP contribution in [0.15, 0.2) is 54.7 Å². The number of rotatable bonds is 11. The van der Waals surface area contributed by atoms with Gasteiger partial charge in [-0.15, -0.1) is 11.3 Å². The molecule has 1 aliphatic rings. The van der Waals surface area contributed by atoms with Crippen molar-refractivity contribution in [1.82, 2.24) is 25.0 Å². The molecule has 1 fully saturated rings. The van der Waals surface area contributed by atoms with Crippen molar-refractivity contribution in [2.75, 3.05) is 45.9 Å². The van der Waals surface area contributed by atoms with Crippen molar-refractivity contribution < 1.29 is 9.84 Å². The lowest BCUT2D eigenvalue weighted by Gasteiger charge is -2.35. The minimum atomic E-state index is -0.517. The molecule has 2 N–H and O–H groups in total. The lowest BCUT2D eigenvalue weighted by atomic mass is 10.0. The number of thiazole rings is 1. The predicted molar refractivity (Wildman–Crippen MR) is 146 cm³/mol. The molecule has 0 saturated carbocycles. The minimum absolute atomic E-state index is 0.291. The number of benzene rings is 2. The van der Waals surface area contributed by atoms with Crippen LogP contribution in [0.3, 0.4) is 0 Å². The van der Waals surface area contributed by atoms with E-state index in [9.17, 15) is 5.11 Å². The van der Waals surface area contributed by atoms with Crippen LogP contribution in [0, 0.1) is 0 Å². The zero-order chi connectivity index (χ0) is 24.7. The van der Waals surface area contributed by atoms with Gasteiger partial charge in [0, 0.05) is 63.0 Å². The molecule has 7 nitrogen and oxygen atoms in total. The molecule has 190 valence electrons. The Morgan fingerprint density at radius 2 is 1.86 bits per heavy atom. The van der Waals surface area contributed by atoms with Gasteiger partial charge in [0.1, 0.15) is 18.5 Å². The highest BCUT2D eigenvalue weighted by Gasteiger charge is 2.20. The molecule has 1 atom stereocenters. The first-order valence-corrected chi connectivity index (χ1v) is 13.7. The minimum Gasteiger partial charge on any atom is -0.491 e. The zero-order valence-corrected chi connectivity index (χ0v) is 21.7. The molecule has 0 spiro atoms. The molecule has 1 aliphatic heterocycles. The smallest absolute Gasteiger partial charge is 0.121 e.